The van der Waals surface area contributed by atoms with Crippen LogP contribution in [0.5, 0.6) is 0 Å². The molecule has 25 heavy (non-hydrogen) atoms. The first-order chi connectivity index (χ1) is 12.3. The second-order valence-corrected chi connectivity index (χ2v) is 7.50. The summed E-state index contributed by atoms with van der Waals surface area (Å²) in [6, 6.07) is 10.6. The van der Waals surface area contributed by atoms with Crippen molar-refractivity contribution < 1.29 is 9.53 Å². The van der Waals surface area contributed by atoms with Crippen molar-refractivity contribution in [2.75, 3.05) is 26.3 Å². The fourth-order valence-electron chi connectivity index (χ4n) is 4.06. The number of amides is 1. The summed E-state index contributed by atoms with van der Waals surface area (Å²) in [6.07, 6.45) is 9.38. The van der Waals surface area contributed by atoms with Gasteiger partial charge in [-0.2, -0.15) is 0 Å². The van der Waals surface area contributed by atoms with E-state index in [0.29, 0.717) is 6.61 Å². The molecule has 0 N–H and O–H groups in total. The molecule has 1 atom stereocenters. The number of likely N-dealkylation sites (tertiary alicyclic amines) is 1. The fraction of sp³-hybridized carbons (Fsp3) is 0.571. The number of nitrogens with zero attached hydrogens (tertiary/aromatic N) is 2. The maximum atomic E-state index is 13.0. The van der Waals surface area contributed by atoms with E-state index in [9.17, 15) is 4.79 Å². The minimum atomic E-state index is 0.102. The summed E-state index contributed by atoms with van der Waals surface area (Å²) in [6.45, 7) is 3.69. The molecule has 0 bridgehead atoms. The molecule has 1 aliphatic carbocycles. The normalized spacial score (nSPS) is 24.8. The van der Waals surface area contributed by atoms with Crippen molar-refractivity contribution in [3.05, 3.63) is 47.7 Å². The van der Waals surface area contributed by atoms with E-state index in [-0.39, 0.29) is 11.9 Å². The zero-order valence-electron chi connectivity index (χ0n) is 14.9. The molecule has 134 valence electrons. The van der Waals surface area contributed by atoms with E-state index in [1.807, 2.05) is 35.2 Å². The van der Waals surface area contributed by atoms with E-state index in [0.717, 1.165) is 50.6 Å². The van der Waals surface area contributed by atoms with E-state index in [4.69, 9.17) is 4.74 Å². The number of carbonyl (C=O) groups excluding carboxylic acids is 1. The van der Waals surface area contributed by atoms with Crippen LogP contribution in [-0.4, -0.2) is 54.1 Å². The van der Waals surface area contributed by atoms with Gasteiger partial charge in [0, 0.05) is 37.5 Å². The molecule has 1 amide bonds. The molecule has 4 rings (SSSR count). The number of rotatable bonds is 4. The van der Waals surface area contributed by atoms with Crippen LogP contribution in [0.1, 0.15) is 48.9 Å². The van der Waals surface area contributed by atoms with Crippen molar-refractivity contribution in [3.63, 3.8) is 0 Å². The van der Waals surface area contributed by atoms with Gasteiger partial charge in [0.25, 0.3) is 5.91 Å². The maximum absolute atomic E-state index is 13.0. The molecule has 0 spiro atoms. The van der Waals surface area contributed by atoms with Gasteiger partial charge >= 0.3 is 0 Å². The molecule has 2 aliphatic heterocycles. The second kappa shape index (κ2) is 7.71. The smallest absolute Gasteiger partial charge is 0.258 e. The third-order valence-electron chi connectivity index (χ3n) is 5.91. The molecule has 1 aromatic rings. The highest BCUT2D eigenvalue weighted by molar-refractivity contribution is 5.95. The fourth-order valence-corrected chi connectivity index (χ4v) is 4.06. The predicted octanol–water partition coefficient (Wildman–Crippen LogP) is 3.45. The molecule has 1 saturated carbocycles. The number of piperidine rings is 1. The summed E-state index contributed by atoms with van der Waals surface area (Å²) in [4.78, 5) is 17.6. The van der Waals surface area contributed by atoms with Gasteiger partial charge in [-0.1, -0.05) is 30.2 Å². The third-order valence-corrected chi connectivity index (χ3v) is 5.91. The van der Waals surface area contributed by atoms with E-state index in [1.165, 1.54) is 24.8 Å². The van der Waals surface area contributed by atoms with E-state index in [1.54, 1.807) is 0 Å². The Morgan fingerprint density at radius 3 is 2.48 bits per heavy atom. The molecule has 1 unspecified atom stereocenters. The Morgan fingerprint density at radius 2 is 1.88 bits per heavy atom. The van der Waals surface area contributed by atoms with Gasteiger partial charge in [-0.3, -0.25) is 9.69 Å². The van der Waals surface area contributed by atoms with Crippen molar-refractivity contribution in [2.45, 2.75) is 50.6 Å². The molecule has 3 fully saturated rings. The minimum absolute atomic E-state index is 0.102. The van der Waals surface area contributed by atoms with Gasteiger partial charge in [-0.05, 0) is 44.2 Å². The second-order valence-electron chi connectivity index (χ2n) is 7.50. The molecular weight excluding hydrogens is 312 g/mol. The lowest BCUT2D eigenvalue weighted by Crippen LogP contribution is -2.44. The lowest BCUT2D eigenvalue weighted by Gasteiger charge is -2.40. The van der Waals surface area contributed by atoms with Gasteiger partial charge in [-0.15, -0.1) is 0 Å². The van der Waals surface area contributed by atoms with Crippen molar-refractivity contribution in [1.82, 2.24) is 9.80 Å². The Kier molecular flexibility index (Phi) is 5.18. The highest BCUT2D eigenvalue weighted by Gasteiger charge is 2.30. The Bertz CT molecular complexity index is 608. The molecule has 2 heterocycles. The molecule has 4 heteroatoms. The van der Waals surface area contributed by atoms with Gasteiger partial charge in [0.2, 0.25) is 0 Å². The van der Waals surface area contributed by atoms with Crippen LogP contribution in [0.25, 0.3) is 0 Å². The van der Waals surface area contributed by atoms with Gasteiger partial charge in [-0.25, -0.2) is 0 Å². The molecule has 1 aromatic carbocycles. The zero-order valence-corrected chi connectivity index (χ0v) is 14.9. The number of carbonyl (C=O) groups is 1. The highest BCUT2D eigenvalue weighted by atomic mass is 16.5. The number of benzene rings is 1. The van der Waals surface area contributed by atoms with Crippen molar-refractivity contribution in [2.24, 2.45) is 0 Å². The van der Waals surface area contributed by atoms with Crippen molar-refractivity contribution in [1.29, 1.82) is 0 Å². The molecule has 3 aliphatic rings. The summed E-state index contributed by atoms with van der Waals surface area (Å²) in [5.41, 5.74) is 2.17. The molecule has 0 aromatic heterocycles. The van der Waals surface area contributed by atoms with Crippen LogP contribution >= 0.6 is 0 Å². The topological polar surface area (TPSA) is 32.8 Å². The lowest BCUT2D eigenvalue weighted by molar-refractivity contribution is 0.0743. The van der Waals surface area contributed by atoms with Crippen LogP contribution in [0.3, 0.4) is 0 Å². The highest BCUT2D eigenvalue weighted by Crippen LogP contribution is 2.29. The van der Waals surface area contributed by atoms with Crippen LogP contribution < -0.4 is 0 Å². The Morgan fingerprint density at radius 1 is 1.12 bits per heavy atom. The molecule has 4 nitrogen and oxygen atoms in total. The Hall–Kier alpha value is -1.65. The Balaban J connectivity index is 1.47. The minimum Gasteiger partial charge on any atom is -0.379 e. The number of ether oxygens (including phenoxy) is 1. The van der Waals surface area contributed by atoms with Crippen LogP contribution in [0.4, 0.5) is 0 Å². The van der Waals surface area contributed by atoms with Crippen molar-refractivity contribution in [3.8, 4) is 0 Å². The zero-order chi connectivity index (χ0) is 17.1. The van der Waals surface area contributed by atoms with Gasteiger partial charge in [0.15, 0.2) is 0 Å². The summed E-state index contributed by atoms with van der Waals surface area (Å²) in [5, 5.41) is 0. The third kappa shape index (κ3) is 3.80. The maximum Gasteiger partial charge on any atom is 0.258 e. The number of hydrogen-bond acceptors (Lipinski definition) is 3. The first kappa shape index (κ1) is 16.8. The average Bonchev–Trinajstić information content (AvgIpc) is 3.14. The lowest BCUT2D eigenvalue weighted by atomic mass is 9.89. The summed E-state index contributed by atoms with van der Waals surface area (Å²) >= 11 is 0. The molecule has 0 radical (unpaired) electrons. The van der Waals surface area contributed by atoms with Crippen LogP contribution in [0, 0.1) is 0 Å². The molecular formula is C21H28N2O2. The SMILES string of the molecule is O=C(c1ccccc1)N(C=C1CCN(C2CCC2)CC1)C1CCOC1. The van der Waals surface area contributed by atoms with Crippen molar-refractivity contribution >= 4 is 5.91 Å². The van der Waals surface area contributed by atoms with Crippen LogP contribution in [0.15, 0.2) is 42.1 Å². The average molecular weight is 340 g/mol. The first-order valence-corrected chi connectivity index (χ1v) is 9.70. The summed E-state index contributed by atoms with van der Waals surface area (Å²) in [7, 11) is 0. The summed E-state index contributed by atoms with van der Waals surface area (Å²) < 4.78 is 5.55. The van der Waals surface area contributed by atoms with Gasteiger partial charge < -0.3 is 9.64 Å². The predicted molar refractivity (Wildman–Crippen MR) is 98.4 cm³/mol. The van der Waals surface area contributed by atoms with E-state index in [2.05, 4.69) is 11.1 Å². The first-order valence-electron chi connectivity index (χ1n) is 9.70. The summed E-state index contributed by atoms with van der Waals surface area (Å²) in [5.74, 6) is 0.102. The van der Waals surface area contributed by atoms with E-state index < -0.39 is 0 Å². The quantitative estimate of drug-likeness (QED) is 0.842. The Labute approximate surface area is 150 Å². The number of hydrogen-bond donors (Lipinski definition) is 0. The van der Waals surface area contributed by atoms with Gasteiger partial charge in [0.1, 0.15) is 0 Å². The monoisotopic (exact) mass is 340 g/mol. The van der Waals surface area contributed by atoms with Crippen LogP contribution in [-0.2, 0) is 4.74 Å². The molecule has 2 saturated heterocycles. The standard InChI is InChI=1S/C21H28N2O2/c24-21(18-5-2-1-3-6-18)23(20-11-14-25-16-20)15-17-9-12-22(13-10-17)19-7-4-8-19/h1-3,5-6,15,19-20H,4,7-14,16H2. The van der Waals surface area contributed by atoms with Crippen LogP contribution in [0.2, 0.25) is 0 Å². The van der Waals surface area contributed by atoms with E-state index >= 15 is 0 Å². The van der Waals surface area contributed by atoms with Gasteiger partial charge in [0.05, 0.1) is 12.6 Å². The largest absolute Gasteiger partial charge is 0.379 e.